The highest BCUT2D eigenvalue weighted by Gasteiger charge is 2.34. The molecule has 0 bridgehead atoms. The fourth-order valence-electron chi connectivity index (χ4n) is 2.77. The zero-order chi connectivity index (χ0) is 18.0. The predicted molar refractivity (Wildman–Crippen MR) is 94.9 cm³/mol. The molecule has 10 heteroatoms. The number of anilines is 1. The van der Waals surface area contributed by atoms with Gasteiger partial charge in [-0.05, 0) is 26.7 Å². The molecule has 0 saturated carbocycles. The largest absolute Gasteiger partial charge is 0.336 e. The molecule has 1 unspecified atom stereocenters. The third-order valence-corrected chi connectivity index (χ3v) is 6.81. The van der Waals surface area contributed by atoms with E-state index in [1.807, 2.05) is 19.2 Å². The zero-order valence-electron chi connectivity index (χ0n) is 14.2. The van der Waals surface area contributed by atoms with Crippen molar-refractivity contribution in [2.45, 2.75) is 38.3 Å². The molecular weight excluding hydrogens is 362 g/mol. The van der Waals surface area contributed by atoms with Gasteiger partial charge in [-0.2, -0.15) is 4.31 Å². The van der Waals surface area contributed by atoms with E-state index in [0.717, 1.165) is 5.69 Å². The first-order valence-corrected chi connectivity index (χ1v) is 10.5. The van der Waals surface area contributed by atoms with Gasteiger partial charge in [0.1, 0.15) is 0 Å². The lowest BCUT2D eigenvalue weighted by Gasteiger charge is -2.30. The number of rotatable bonds is 5. The van der Waals surface area contributed by atoms with Crippen LogP contribution in [0.3, 0.4) is 0 Å². The Bertz CT molecular complexity index is 858. The highest BCUT2D eigenvalue weighted by atomic mass is 32.2. The third-order valence-electron chi connectivity index (χ3n) is 4.18. The number of nitrogens with one attached hydrogen (secondary N) is 1. The zero-order valence-corrected chi connectivity index (χ0v) is 15.8. The summed E-state index contributed by atoms with van der Waals surface area (Å²) in [6.07, 6.45) is 4.33. The second-order valence-corrected chi connectivity index (χ2v) is 8.77. The molecule has 0 aliphatic carbocycles. The molecule has 0 aromatic carbocycles. The molecule has 1 amide bonds. The number of hydrogen-bond donors (Lipinski definition) is 1. The lowest BCUT2D eigenvalue weighted by molar-refractivity contribution is -0.120. The van der Waals surface area contributed by atoms with E-state index in [9.17, 15) is 13.2 Å². The maximum absolute atomic E-state index is 12.8. The standard InChI is InChI=1S/C15H21N5O3S2/c1-3-19-8-13(16-10-19)25(22,23)20-6-4-5-12(7-20)14(21)18-15-17-11(2)9-24-15/h8-10,12H,3-7H2,1-2H3,(H,17,18,21). The van der Waals surface area contributed by atoms with Gasteiger partial charge in [0.05, 0.1) is 17.9 Å². The average Bonchev–Trinajstić information content (AvgIpc) is 3.24. The summed E-state index contributed by atoms with van der Waals surface area (Å²) >= 11 is 1.36. The molecule has 1 saturated heterocycles. The topological polar surface area (TPSA) is 97.2 Å². The normalized spacial score (nSPS) is 19.0. The second-order valence-electron chi connectivity index (χ2n) is 6.03. The van der Waals surface area contributed by atoms with Gasteiger partial charge in [-0.15, -0.1) is 11.3 Å². The van der Waals surface area contributed by atoms with E-state index < -0.39 is 10.0 Å². The van der Waals surface area contributed by atoms with Crippen LogP contribution in [0.2, 0.25) is 0 Å². The number of aromatic nitrogens is 3. The van der Waals surface area contributed by atoms with Crippen LogP contribution in [-0.4, -0.2) is 46.3 Å². The summed E-state index contributed by atoms with van der Waals surface area (Å²) in [6.45, 7) is 5.00. The first kappa shape index (κ1) is 18.0. The summed E-state index contributed by atoms with van der Waals surface area (Å²) in [5, 5.41) is 5.22. The minimum atomic E-state index is -3.68. The molecular formula is C15H21N5O3S2. The number of thiazole rings is 1. The Morgan fingerprint density at radius 2 is 2.28 bits per heavy atom. The molecule has 1 fully saturated rings. The first-order valence-electron chi connectivity index (χ1n) is 8.15. The van der Waals surface area contributed by atoms with Crippen molar-refractivity contribution in [1.82, 2.24) is 18.8 Å². The smallest absolute Gasteiger partial charge is 0.262 e. The van der Waals surface area contributed by atoms with Crippen LogP contribution in [0, 0.1) is 12.8 Å². The lowest BCUT2D eigenvalue weighted by atomic mass is 9.99. The minimum absolute atomic E-state index is 0.0333. The number of sulfonamides is 1. The van der Waals surface area contributed by atoms with Crippen molar-refractivity contribution in [2.24, 2.45) is 5.92 Å². The molecule has 2 aromatic rings. The SMILES string of the molecule is CCn1cnc(S(=O)(=O)N2CCCC(C(=O)Nc3nc(C)cs3)C2)c1. The first-order chi connectivity index (χ1) is 11.9. The fraction of sp³-hybridized carbons (Fsp3) is 0.533. The number of nitrogens with zero attached hydrogens (tertiary/aromatic N) is 4. The van der Waals surface area contributed by atoms with Crippen molar-refractivity contribution in [3.63, 3.8) is 0 Å². The third kappa shape index (κ3) is 3.91. The van der Waals surface area contributed by atoms with Crippen LogP contribution in [0.5, 0.6) is 0 Å². The Kier molecular flexibility index (Phi) is 5.21. The number of piperidine rings is 1. The molecule has 0 radical (unpaired) electrons. The van der Waals surface area contributed by atoms with E-state index in [1.165, 1.54) is 28.2 Å². The second kappa shape index (κ2) is 7.22. The van der Waals surface area contributed by atoms with Gasteiger partial charge in [-0.3, -0.25) is 4.79 Å². The van der Waals surface area contributed by atoms with Crippen LogP contribution < -0.4 is 5.32 Å². The lowest BCUT2D eigenvalue weighted by Crippen LogP contribution is -2.43. The van der Waals surface area contributed by atoms with Gasteiger partial charge < -0.3 is 9.88 Å². The minimum Gasteiger partial charge on any atom is -0.336 e. The molecule has 1 atom stereocenters. The Balaban J connectivity index is 1.70. The highest BCUT2D eigenvalue weighted by Crippen LogP contribution is 2.24. The molecule has 0 spiro atoms. The summed E-state index contributed by atoms with van der Waals surface area (Å²) < 4.78 is 28.6. The average molecular weight is 383 g/mol. The summed E-state index contributed by atoms with van der Waals surface area (Å²) in [4.78, 5) is 20.7. The molecule has 3 heterocycles. The molecule has 1 aliphatic heterocycles. The predicted octanol–water partition coefficient (Wildman–Crippen LogP) is 1.71. The Morgan fingerprint density at radius 3 is 2.92 bits per heavy atom. The molecule has 25 heavy (non-hydrogen) atoms. The van der Waals surface area contributed by atoms with Crippen molar-refractivity contribution < 1.29 is 13.2 Å². The maximum Gasteiger partial charge on any atom is 0.262 e. The Hall–Kier alpha value is -1.78. The number of hydrogen-bond acceptors (Lipinski definition) is 6. The Labute approximate surface area is 150 Å². The van der Waals surface area contributed by atoms with E-state index in [4.69, 9.17) is 0 Å². The Morgan fingerprint density at radius 1 is 1.48 bits per heavy atom. The number of amides is 1. The van der Waals surface area contributed by atoms with Crippen LogP contribution in [0.25, 0.3) is 0 Å². The van der Waals surface area contributed by atoms with Crippen molar-refractivity contribution in [3.05, 3.63) is 23.6 Å². The van der Waals surface area contributed by atoms with Crippen molar-refractivity contribution in [2.75, 3.05) is 18.4 Å². The van der Waals surface area contributed by atoms with Gasteiger partial charge in [0.25, 0.3) is 10.0 Å². The van der Waals surface area contributed by atoms with E-state index in [2.05, 4.69) is 15.3 Å². The summed E-state index contributed by atoms with van der Waals surface area (Å²) in [6, 6.07) is 0. The number of aryl methyl sites for hydroxylation is 2. The van der Waals surface area contributed by atoms with Gasteiger partial charge in [0.2, 0.25) is 5.91 Å². The highest BCUT2D eigenvalue weighted by molar-refractivity contribution is 7.89. The monoisotopic (exact) mass is 383 g/mol. The van der Waals surface area contributed by atoms with Crippen LogP contribution in [0.15, 0.2) is 22.9 Å². The van der Waals surface area contributed by atoms with Crippen molar-refractivity contribution in [3.8, 4) is 0 Å². The van der Waals surface area contributed by atoms with Crippen molar-refractivity contribution in [1.29, 1.82) is 0 Å². The quantitative estimate of drug-likeness (QED) is 0.848. The molecule has 3 rings (SSSR count). The maximum atomic E-state index is 12.8. The van der Waals surface area contributed by atoms with Gasteiger partial charge in [-0.25, -0.2) is 18.4 Å². The van der Waals surface area contributed by atoms with E-state index in [1.54, 1.807) is 4.57 Å². The summed E-state index contributed by atoms with van der Waals surface area (Å²) in [5.74, 6) is -0.575. The van der Waals surface area contributed by atoms with Gasteiger partial charge >= 0.3 is 0 Å². The molecule has 1 N–H and O–H groups in total. The van der Waals surface area contributed by atoms with Gasteiger partial charge in [-0.1, -0.05) is 0 Å². The van der Waals surface area contributed by atoms with E-state index in [0.29, 0.717) is 31.1 Å². The summed E-state index contributed by atoms with van der Waals surface area (Å²) in [7, 11) is -3.68. The van der Waals surface area contributed by atoms with Gasteiger partial charge in [0.15, 0.2) is 10.2 Å². The van der Waals surface area contributed by atoms with Gasteiger partial charge in [0, 0.05) is 31.2 Å². The number of carbonyl (C=O) groups is 1. The number of carbonyl (C=O) groups excluding carboxylic acids is 1. The molecule has 2 aromatic heterocycles. The molecule has 8 nitrogen and oxygen atoms in total. The van der Waals surface area contributed by atoms with E-state index >= 15 is 0 Å². The molecule has 136 valence electrons. The number of imidazole rings is 1. The van der Waals surface area contributed by atoms with Crippen LogP contribution in [-0.2, 0) is 21.4 Å². The summed E-state index contributed by atoms with van der Waals surface area (Å²) in [5.41, 5.74) is 0.847. The molecule has 1 aliphatic rings. The van der Waals surface area contributed by atoms with Crippen LogP contribution in [0.1, 0.15) is 25.5 Å². The van der Waals surface area contributed by atoms with Crippen LogP contribution in [0.4, 0.5) is 5.13 Å². The van der Waals surface area contributed by atoms with E-state index in [-0.39, 0.29) is 23.4 Å². The fourth-order valence-corrected chi connectivity index (χ4v) is 4.92. The van der Waals surface area contributed by atoms with Crippen molar-refractivity contribution >= 4 is 32.4 Å². The van der Waals surface area contributed by atoms with Crippen LogP contribution >= 0.6 is 11.3 Å².